The molecule has 1 heterocycles. The van der Waals surface area contributed by atoms with Crippen molar-refractivity contribution in [2.75, 3.05) is 6.61 Å². The third-order valence-electron chi connectivity index (χ3n) is 6.26. The summed E-state index contributed by atoms with van der Waals surface area (Å²) in [6.07, 6.45) is -0.476. The molecule has 1 aliphatic rings. The molecule has 0 bridgehead atoms. The summed E-state index contributed by atoms with van der Waals surface area (Å²) in [5.74, 6) is -1.40. The molecule has 9 heteroatoms. The number of fused-ring (bicyclic) bond motifs is 3. The van der Waals surface area contributed by atoms with Crippen LogP contribution in [0.3, 0.4) is 0 Å². The van der Waals surface area contributed by atoms with Crippen LogP contribution in [0.5, 0.6) is 0 Å². The Bertz CT molecular complexity index is 1210. The van der Waals surface area contributed by atoms with E-state index < -0.39 is 17.6 Å². The second-order valence-corrected chi connectivity index (χ2v) is 9.56. The van der Waals surface area contributed by atoms with Crippen molar-refractivity contribution < 1.29 is 24.2 Å². The van der Waals surface area contributed by atoms with Gasteiger partial charge in [0, 0.05) is 11.3 Å². The highest BCUT2D eigenvalue weighted by Crippen LogP contribution is 2.44. The number of amides is 2. The number of carbonyl (C=O) groups excluding carboxylic acids is 2. The Morgan fingerprint density at radius 1 is 1.09 bits per heavy atom. The molecule has 0 saturated heterocycles. The monoisotopic (exact) mass is 493 g/mol. The number of benzene rings is 2. The second kappa shape index (κ2) is 10.3. The van der Waals surface area contributed by atoms with Crippen molar-refractivity contribution in [3.05, 3.63) is 75.7 Å². The Morgan fingerprint density at radius 3 is 2.31 bits per heavy atom. The van der Waals surface area contributed by atoms with Gasteiger partial charge in [-0.15, -0.1) is 11.3 Å². The normalized spacial score (nSPS) is 13.9. The first-order valence-electron chi connectivity index (χ1n) is 11.4. The fourth-order valence-electron chi connectivity index (χ4n) is 4.18. The minimum absolute atomic E-state index is 0.0697. The van der Waals surface area contributed by atoms with Crippen molar-refractivity contribution >= 4 is 29.3 Å². The van der Waals surface area contributed by atoms with Gasteiger partial charge < -0.3 is 20.5 Å². The van der Waals surface area contributed by atoms with Crippen LogP contribution < -0.4 is 10.6 Å². The van der Waals surface area contributed by atoms with E-state index in [2.05, 4.69) is 27.8 Å². The van der Waals surface area contributed by atoms with Crippen molar-refractivity contribution in [1.82, 2.24) is 15.6 Å². The van der Waals surface area contributed by atoms with Gasteiger partial charge in [-0.1, -0.05) is 55.5 Å². The summed E-state index contributed by atoms with van der Waals surface area (Å²) in [5, 5.41) is 16.6. The number of hydrogen-bond donors (Lipinski definition) is 3. The van der Waals surface area contributed by atoms with Gasteiger partial charge in [-0.05, 0) is 35.6 Å². The third kappa shape index (κ3) is 5.35. The smallest absolute Gasteiger partial charge is 0.408 e. The van der Waals surface area contributed by atoms with Gasteiger partial charge in [0.1, 0.15) is 17.2 Å². The van der Waals surface area contributed by atoms with E-state index in [-0.39, 0.29) is 31.4 Å². The maximum absolute atomic E-state index is 12.9. The molecule has 0 fully saturated rings. The van der Waals surface area contributed by atoms with Crippen molar-refractivity contribution in [3.63, 3.8) is 0 Å². The Balaban J connectivity index is 1.35. The molecule has 4 rings (SSSR count). The molecule has 2 amide bonds. The van der Waals surface area contributed by atoms with E-state index in [1.807, 2.05) is 36.4 Å². The molecule has 3 N–H and O–H groups in total. The molecule has 1 aliphatic carbocycles. The second-order valence-electron chi connectivity index (χ2n) is 8.62. The predicted octanol–water partition coefficient (Wildman–Crippen LogP) is 4.09. The van der Waals surface area contributed by atoms with Crippen molar-refractivity contribution in [2.45, 2.75) is 44.7 Å². The van der Waals surface area contributed by atoms with Gasteiger partial charge in [-0.3, -0.25) is 9.59 Å². The van der Waals surface area contributed by atoms with Gasteiger partial charge in [0.2, 0.25) is 5.91 Å². The average molecular weight is 494 g/mol. The summed E-state index contributed by atoms with van der Waals surface area (Å²) in [5.41, 5.74) is 3.78. The van der Waals surface area contributed by atoms with Gasteiger partial charge in [0.05, 0.1) is 18.7 Å². The highest BCUT2D eigenvalue weighted by atomic mass is 32.1. The minimum atomic E-state index is -1.18. The molecule has 8 nitrogen and oxygen atoms in total. The van der Waals surface area contributed by atoms with Gasteiger partial charge in [-0.25, -0.2) is 9.78 Å². The van der Waals surface area contributed by atoms with E-state index in [9.17, 15) is 14.4 Å². The fraction of sp³-hybridized carbons (Fsp3) is 0.308. The van der Waals surface area contributed by atoms with Crippen molar-refractivity contribution in [2.24, 2.45) is 0 Å². The van der Waals surface area contributed by atoms with E-state index in [1.54, 1.807) is 19.2 Å². The molecule has 1 atom stereocenters. The first kappa shape index (κ1) is 24.4. The van der Waals surface area contributed by atoms with E-state index in [1.165, 1.54) is 11.3 Å². The number of hydrogen-bond acceptors (Lipinski definition) is 6. The topological polar surface area (TPSA) is 118 Å². The maximum atomic E-state index is 12.9. The molecule has 0 saturated carbocycles. The van der Waals surface area contributed by atoms with Gasteiger partial charge in [-0.2, -0.15) is 0 Å². The van der Waals surface area contributed by atoms with Crippen molar-refractivity contribution in [3.8, 4) is 11.1 Å². The van der Waals surface area contributed by atoms with E-state index >= 15 is 0 Å². The highest BCUT2D eigenvalue weighted by Gasteiger charge is 2.35. The lowest BCUT2D eigenvalue weighted by molar-refractivity contribution is -0.136. The molecule has 2 aromatic carbocycles. The summed E-state index contributed by atoms with van der Waals surface area (Å²) >= 11 is 1.28. The number of aromatic nitrogens is 1. The average Bonchev–Trinajstić information content (AvgIpc) is 3.42. The number of nitrogens with zero attached hydrogens (tertiary/aromatic N) is 1. The van der Waals surface area contributed by atoms with Crippen LogP contribution >= 0.6 is 11.3 Å². The van der Waals surface area contributed by atoms with Crippen LogP contribution in [0.1, 0.15) is 48.0 Å². The first-order chi connectivity index (χ1) is 16.8. The lowest BCUT2D eigenvalue weighted by atomic mass is 9.97. The van der Waals surface area contributed by atoms with Gasteiger partial charge in [0.25, 0.3) is 0 Å². The quantitative estimate of drug-likeness (QED) is 0.413. The number of aliphatic carboxylic acids is 1. The van der Waals surface area contributed by atoms with Crippen LogP contribution in [-0.2, 0) is 27.3 Å². The molecule has 35 heavy (non-hydrogen) atoms. The summed E-state index contributed by atoms with van der Waals surface area (Å²) in [6.45, 7) is 3.75. The van der Waals surface area contributed by atoms with Crippen LogP contribution in [0.2, 0.25) is 0 Å². The molecule has 0 spiro atoms. The Labute approximate surface area is 207 Å². The first-order valence-corrected chi connectivity index (χ1v) is 12.2. The number of rotatable bonds is 9. The molecular formula is C26H27N3O5S. The number of carbonyl (C=O) groups is 3. The largest absolute Gasteiger partial charge is 0.481 e. The molecule has 0 radical (unpaired) electrons. The Hall–Kier alpha value is -3.72. The van der Waals surface area contributed by atoms with Crippen LogP contribution in [0.4, 0.5) is 4.79 Å². The van der Waals surface area contributed by atoms with Crippen LogP contribution in [-0.4, -0.2) is 40.2 Å². The number of nitrogens with one attached hydrogen (secondary N) is 2. The zero-order chi connectivity index (χ0) is 25.0. The SMILES string of the molecule is CCC(C)(NC(=O)OCC1c2ccccc2-c2ccccc21)C(=O)NCc1nc(CC(=O)O)cs1. The van der Waals surface area contributed by atoms with Crippen LogP contribution in [0.15, 0.2) is 53.9 Å². The lowest BCUT2D eigenvalue weighted by Crippen LogP contribution is -2.56. The molecular weight excluding hydrogens is 466 g/mol. The predicted molar refractivity (Wildman–Crippen MR) is 132 cm³/mol. The van der Waals surface area contributed by atoms with Crippen molar-refractivity contribution in [1.29, 1.82) is 0 Å². The Kier molecular flexibility index (Phi) is 7.16. The van der Waals surface area contributed by atoms with E-state index in [0.717, 1.165) is 22.3 Å². The maximum Gasteiger partial charge on any atom is 0.408 e. The molecule has 1 unspecified atom stereocenters. The fourth-order valence-corrected chi connectivity index (χ4v) is 4.92. The summed E-state index contributed by atoms with van der Waals surface area (Å²) in [6, 6.07) is 16.2. The Morgan fingerprint density at radius 2 is 1.71 bits per heavy atom. The zero-order valence-corrected chi connectivity index (χ0v) is 20.4. The number of carboxylic acids is 1. The molecule has 1 aromatic heterocycles. The standard InChI is InChI=1S/C26H27N3O5S/c1-3-26(2,24(32)27-13-22-28-16(15-35-22)12-23(30)31)29-25(33)34-14-21-19-10-6-4-8-17(19)18-9-5-7-11-20(18)21/h4-11,15,21H,3,12-14H2,1-2H3,(H,27,32)(H,29,33)(H,30,31). The third-order valence-corrected chi connectivity index (χ3v) is 7.16. The number of ether oxygens (including phenoxy) is 1. The van der Waals surface area contributed by atoms with E-state index in [0.29, 0.717) is 17.1 Å². The summed E-state index contributed by atoms with van der Waals surface area (Å²) < 4.78 is 5.59. The van der Waals surface area contributed by atoms with Crippen LogP contribution in [0, 0.1) is 0 Å². The molecule has 3 aromatic rings. The van der Waals surface area contributed by atoms with Gasteiger partial charge >= 0.3 is 12.1 Å². The van der Waals surface area contributed by atoms with Crippen LogP contribution in [0.25, 0.3) is 11.1 Å². The summed E-state index contributed by atoms with van der Waals surface area (Å²) in [4.78, 5) is 40.6. The number of alkyl carbamates (subject to hydrolysis) is 1. The lowest BCUT2D eigenvalue weighted by Gasteiger charge is -2.28. The molecule has 182 valence electrons. The highest BCUT2D eigenvalue weighted by molar-refractivity contribution is 7.09. The number of carboxylic acid groups (broad SMARTS) is 1. The van der Waals surface area contributed by atoms with Gasteiger partial charge in [0.15, 0.2) is 0 Å². The van der Waals surface area contributed by atoms with E-state index in [4.69, 9.17) is 9.84 Å². The minimum Gasteiger partial charge on any atom is -0.481 e. The zero-order valence-electron chi connectivity index (χ0n) is 19.5. The number of thiazole rings is 1. The summed E-state index contributed by atoms with van der Waals surface area (Å²) in [7, 11) is 0. The molecule has 0 aliphatic heterocycles.